The van der Waals surface area contributed by atoms with E-state index in [0.717, 1.165) is 13.0 Å². The number of hydrogen-bond donors (Lipinski definition) is 0. The minimum Gasteiger partial charge on any atom is -0.378 e. The Morgan fingerprint density at radius 3 is 2.50 bits per heavy atom. The number of nitrogens with zero attached hydrogens (tertiary/aromatic N) is 2. The molecule has 1 aromatic heterocycles. The topological polar surface area (TPSA) is 7.12 Å². The summed E-state index contributed by atoms with van der Waals surface area (Å²) in [5.74, 6) is 0. The monoisotopic (exact) mass is 343 g/mol. The lowest BCUT2D eigenvalue weighted by molar-refractivity contribution is -0.668. The van der Waals surface area contributed by atoms with E-state index in [1.165, 1.54) is 51.7 Å². The molecule has 132 valence electrons. The summed E-state index contributed by atoms with van der Waals surface area (Å²) in [4.78, 5) is 2.14. The Labute approximate surface area is 156 Å². The van der Waals surface area contributed by atoms with Crippen LogP contribution in [0.3, 0.4) is 0 Å². The highest BCUT2D eigenvalue weighted by atomic mass is 15.1. The standard InChI is InChI=1S/C24H27N2/c1-4-26-17-20-9-7-8-19(24(20)22-10-5-6-11-23(22)26)16-18-12-14-21(15-13-18)25(2)3/h5-6,10-17H,4,7-9H2,1-3H3/q+1. The summed E-state index contributed by atoms with van der Waals surface area (Å²) in [7, 11) is 4.17. The first-order valence-electron chi connectivity index (χ1n) is 9.60. The van der Waals surface area contributed by atoms with Crippen molar-refractivity contribution in [1.29, 1.82) is 0 Å². The maximum absolute atomic E-state index is 2.39. The van der Waals surface area contributed by atoms with Gasteiger partial charge in [-0.05, 0) is 55.5 Å². The minimum absolute atomic E-state index is 1.01. The van der Waals surface area contributed by atoms with Gasteiger partial charge in [-0.3, -0.25) is 0 Å². The van der Waals surface area contributed by atoms with Gasteiger partial charge >= 0.3 is 0 Å². The van der Waals surface area contributed by atoms with Gasteiger partial charge < -0.3 is 4.90 Å². The molecule has 0 N–H and O–H groups in total. The fraction of sp³-hybridized carbons (Fsp3) is 0.292. The van der Waals surface area contributed by atoms with Gasteiger partial charge in [-0.2, -0.15) is 4.57 Å². The lowest BCUT2D eigenvalue weighted by Crippen LogP contribution is -2.34. The minimum atomic E-state index is 1.01. The Morgan fingerprint density at radius 1 is 1.00 bits per heavy atom. The Balaban J connectivity index is 1.85. The number of rotatable bonds is 3. The maximum Gasteiger partial charge on any atom is 0.213 e. The summed E-state index contributed by atoms with van der Waals surface area (Å²) in [6, 6.07) is 17.7. The lowest BCUT2D eigenvalue weighted by atomic mass is 9.85. The number of benzene rings is 2. The number of allylic oxidation sites excluding steroid dienone is 1. The van der Waals surface area contributed by atoms with Crippen molar-refractivity contribution in [1.82, 2.24) is 0 Å². The highest BCUT2D eigenvalue weighted by Gasteiger charge is 2.22. The van der Waals surface area contributed by atoms with E-state index in [1.54, 1.807) is 0 Å². The first kappa shape index (κ1) is 16.8. The number of para-hydroxylation sites is 1. The summed E-state index contributed by atoms with van der Waals surface area (Å²) in [5, 5.41) is 1.39. The van der Waals surface area contributed by atoms with Crippen LogP contribution in [0.1, 0.15) is 36.5 Å². The van der Waals surface area contributed by atoms with Crippen molar-refractivity contribution in [3.63, 3.8) is 0 Å². The van der Waals surface area contributed by atoms with E-state index >= 15 is 0 Å². The SMILES string of the molecule is CC[n+]1cc2c(c3ccccc31)/C(=C\c1ccc(N(C)C)cc1)CCC2. The molecule has 0 unspecified atom stereocenters. The molecule has 0 radical (unpaired) electrons. The van der Waals surface area contributed by atoms with Crippen LogP contribution in [-0.2, 0) is 13.0 Å². The van der Waals surface area contributed by atoms with Gasteiger partial charge in [0.05, 0.1) is 5.39 Å². The molecule has 2 nitrogen and oxygen atoms in total. The Kier molecular flexibility index (Phi) is 4.50. The normalized spacial score (nSPS) is 15.3. The van der Waals surface area contributed by atoms with Crippen molar-refractivity contribution in [3.8, 4) is 0 Å². The van der Waals surface area contributed by atoms with Crippen molar-refractivity contribution < 1.29 is 4.57 Å². The molecule has 0 saturated carbocycles. The number of aromatic nitrogens is 1. The molecule has 0 amide bonds. The molecular formula is C24H27N2+. The number of pyridine rings is 1. The third-order valence-corrected chi connectivity index (χ3v) is 5.42. The van der Waals surface area contributed by atoms with Crippen LogP contribution < -0.4 is 9.47 Å². The molecule has 1 aliphatic rings. The highest BCUT2D eigenvalue weighted by Crippen LogP contribution is 2.36. The highest BCUT2D eigenvalue weighted by molar-refractivity contribution is 5.96. The summed E-state index contributed by atoms with van der Waals surface area (Å²) in [6.07, 6.45) is 8.33. The van der Waals surface area contributed by atoms with E-state index < -0.39 is 0 Å². The van der Waals surface area contributed by atoms with E-state index in [4.69, 9.17) is 0 Å². The molecule has 1 aliphatic carbocycles. The molecule has 0 aliphatic heterocycles. The van der Waals surface area contributed by atoms with Crippen LogP contribution in [0.5, 0.6) is 0 Å². The zero-order chi connectivity index (χ0) is 18.1. The van der Waals surface area contributed by atoms with Crippen LogP contribution >= 0.6 is 0 Å². The van der Waals surface area contributed by atoms with E-state index in [9.17, 15) is 0 Å². The largest absolute Gasteiger partial charge is 0.378 e. The second-order valence-electron chi connectivity index (χ2n) is 7.34. The van der Waals surface area contributed by atoms with E-state index in [0.29, 0.717) is 0 Å². The van der Waals surface area contributed by atoms with Gasteiger partial charge in [-0.25, -0.2) is 0 Å². The van der Waals surface area contributed by atoms with E-state index in [2.05, 4.69) is 91.3 Å². The van der Waals surface area contributed by atoms with Gasteiger partial charge in [0, 0.05) is 37.0 Å². The van der Waals surface area contributed by atoms with Crippen LogP contribution in [0.4, 0.5) is 5.69 Å². The lowest BCUT2D eigenvalue weighted by Gasteiger charge is -2.20. The Morgan fingerprint density at radius 2 is 1.77 bits per heavy atom. The maximum atomic E-state index is 2.39. The molecule has 4 rings (SSSR count). The molecule has 0 atom stereocenters. The summed E-state index contributed by atoms with van der Waals surface area (Å²) in [6.45, 7) is 3.24. The first-order valence-corrected chi connectivity index (χ1v) is 9.60. The average molecular weight is 343 g/mol. The molecule has 0 bridgehead atoms. The molecule has 0 spiro atoms. The van der Waals surface area contributed by atoms with Crippen LogP contribution in [-0.4, -0.2) is 14.1 Å². The van der Waals surface area contributed by atoms with Crippen molar-refractivity contribution >= 4 is 28.2 Å². The number of anilines is 1. The predicted octanol–water partition coefficient (Wildman–Crippen LogP) is 5.09. The Bertz CT molecular complexity index is 965. The number of fused-ring (bicyclic) bond motifs is 3. The second-order valence-corrected chi connectivity index (χ2v) is 7.34. The predicted molar refractivity (Wildman–Crippen MR) is 111 cm³/mol. The molecule has 3 aromatic rings. The van der Waals surface area contributed by atoms with Crippen molar-refractivity contribution in [2.45, 2.75) is 32.7 Å². The summed E-state index contributed by atoms with van der Waals surface area (Å²) < 4.78 is 2.39. The smallest absolute Gasteiger partial charge is 0.213 e. The Hall–Kier alpha value is -2.61. The van der Waals surface area contributed by atoms with Gasteiger partial charge in [0.2, 0.25) is 5.52 Å². The average Bonchev–Trinajstić information content (AvgIpc) is 2.67. The molecule has 1 heterocycles. The van der Waals surface area contributed by atoms with Gasteiger partial charge in [-0.15, -0.1) is 0 Å². The van der Waals surface area contributed by atoms with Gasteiger partial charge in [0.15, 0.2) is 6.20 Å². The van der Waals surface area contributed by atoms with Gasteiger partial charge in [0.25, 0.3) is 0 Å². The van der Waals surface area contributed by atoms with Crippen molar-refractivity contribution in [3.05, 3.63) is 71.4 Å². The van der Waals surface area contributed by atoms with Crippen molar-refractivity contribution in [2.75, 3.05) is 19.0 Å². The zero-order valence-electron chi connectivity index (χ0n) is 16.0. The van der Waals surface area contributed by atoms with Crippen LogP contribution in [0.25, 0.3) is 22.6 Å². The summed E-state index contributed by atoms with van der Waals surface area (Å²) >= 11 is 0. The van der Waals surface area contributed by atoms with Crippen LogP contribution in [0.2, 0.25) is 0 Å². The van der Waals surface area contributed by atoms with Gasteiger partial charge in [0.1, 0.15) is 6.54 Å². The molecule has 0 saturated heterocycles. The molecule has 2 aromatic carbocycles. The third-order valence-electron chi connectivity index (χ3n) is 5.42. The van der Waals surface area contributed by atoms with Crippen LogP contribution in [0.15, 0.2) is 54.7 Å². The summed E-state index contributed by atoms with van der Waals surface area (Å²) in [5.41, 5.74) is 8.30. The van der Waals surface area contributed by atoms with E-state index in [-0.39, 0.29) is 0 Å². The quantitative estimate of drug-likeness (QED) is 0.601. The molecule has 0 fully saturated rings. The fourth-order valence-corrected chi connectivity index (χ4v) is 4.07. The van der Waals surface area contributed by atoms with Gasteiger partial charge in [-0.1, -0.05) is 30.3 Å². The molecule has 2 heteroatoms. The fourth-order valence-electron chi connectivity index (χ4n) is 4.07. The number of hydrogen-bond acceptors (Lipinski definition) is 1. The van der Waals surface area contributed by atoms with E-state index in [1.807, 2.05) is 0 Å². The second kappa shape index (κ2) is 6.95. The van der Waals surface area contributed by atoms with Crippen LogP contribution in [0, 0.1) is 0 Å². The first-order chi connectivity index (χ1) is 12.7. The van der Waals surface area contributed by atoms with Crippen molar-refractivity contribution in [2.24, 2.45) is 0 Å². The molecular weight excluding hydrogens is 316 g/mol. The molecule has 26 heavy (non-hydrogen) atoms. The number of aryl methyl sites for hydroxylation is 2. The zero-order valence-corrected chi connectivity index (χ0v) is 16.0. The third kappa shape index (κ3) is 3.01.